The van der Waals surface area contributed by atoms with Gasteiger partial charge in [-0.3, -0.25) is 9.59 Å². The molecule has 0 unspecified atom stereocenters. The van der Waals surface area contributed by atoms with Crippen molar-refractivity contribution < 1.29 is 27.5 Å². The summed E-state index contributed by atoms with van der Waals surface area (Å²) in [5.41, 5.74) is 2.01. The summed E-state index contributed by atoms with van der Waals surface area (Å²) in [5.74, 6) is -0.996. The largest absolute Gasteiger partial charge is 0.573 e. The zero-order valence-corrected chi connectivity index (χ0v) is 15.4. The lowest BCUT2D eigenvalue weighted by Crippen LogP contribution is -2.26. The standard InChI is InChI=1S/C19H17F3N2O3S/c20-19(21,22)27-14-6-3-5-13(10-14)23-17(25)11-28-16-9-8-12-4-1-2-7-15(12)24-18(16)26/h1-7,10,16H,8-9,11H2,(H,23,25)(H,24,26)/t16-/m1/s1. The van der Waals surface area contributed by atoms with Gasteiger partial charge >= 0.3 is 6.36 Å². The number of para-hydroxylation sites is 1. The number of amides is 2. The number of benzene rings is 2. The Morgan fingerprint density at radius 2 is 2.00 bits per heavy atom. The molecule has 3 rings (SSSR count). The van der Waals surface area contributed by atoms with Gasteiger partial charge in [-0.25, -0.2) is 0 Å². The van der Waals surface area contributed by atoms with Crippen LogP contribution < -0.4 is 15.4 Å². The third-order valence-electron chi connectivity index (χ3n) is 4.01. The summed E-state index contributed by atoms with van der Waals surface area (Å²) in [4.78, 5) is 24.5. The van der Waals surface area contributed by atoms with E-state index in [1.807, 2.05) is 24.3 Å². The average molecular weight is 410 g/mol. The summed E-state index contributed by atoms with van der Waals surface area (Å²) < 4.78 is 40.7. The molecule has 1 aliphatic heterocycles. The van der Waals surface area contributed by atoms with E-state index in [0.717, 1.165) is 23.4 Å². The number of ether oxygens (including phenoxy) is 1. The number of aryl methyl sites for hydroxylation is 1. The van der Waals surface area contributed by atoms with Gasteiger partial charge in [0.1, 0.15) is 5.75 Å². The first kappa shape index (κ1) is 20.1. The van der Waals surface area contributed by atoms with Crippen molar-refractivity contribution in [2.75, 3.05) is 16.4 Å². The van der Waals surface area contributed by atoms with Gasteiger partial charge in [0.25, 0.3) is 0 Å². The first-order valence-electron chi connectivity index (χ1n) is 8.46. The van der Waals surface area contributed by atoms with Crippen LogP contribution in [0.5, 0.6) is 5.75 Å². The predicted molar refractivity (Wildman–Crippen MR) is 101 cm³/mol. The van der Waals surface area contributed by atoms with Crippen LogP contribution in [0.15, 0.2) is 48.5 Å². The molecule has 0 aliphatic carbocycles. The molecule has 1 atom stereocenters. The van der Waals surface area contributed by atoms with Gasteiger partial charge in [0.05, 0.1) is 11.0 Å². The van der Waals surface area contributed by atoms with Crippen LogP contribution >= 0.6 is 11.8 Å². The maximum atomic E-state index is 12.3. The first-order chi connectivity index (χ1) is 13.3. The molecule has 0 bridgehead atoms. The van der Waals surface area contributed by atoms with E-state index in [1.165, 1.54) is 23.9 Å². The molecule has 2 aromatic rings. The fraction of sp³-hybridized carbons (Fsp3) is 0.263. The summed E-state index contributed by atoms with van der Waals surface area (Å²) in [7, 11) is 0. The van der Waals surface area contributed by atoms with Crippen LogP contribution in [0.2, 0.25) is 0 Å². The number of halogens is 3. The van der Waals surface area contributed by atoms with Crippen LogP contribution in [0, 0.1) is 0 Å². The van der Waals surface area contributed by atoms with Gasteiger partial charge in [-0.05, 0) is 36.6 Å². The molecule has 0 spiro atoms. The van der Waals surface area contributed by atoms with Crippen LogP contribution in [0.1, 0.15) is 12.0 Å². The van der Waals surface area contributed by atoms with E-state index >= 15 is 0 Å². The van der Waals surface area contributed by atoms with Gasteiger partial charge in [0, 0.05) is 17.4 Å². The number of carbonyl (C=O) groups is 2. The molecule has 0 saturated heterocycles. The zero-order chi connectivity index (χ0) is 20.1. The van der Waals surface area contributed by atoms with Gasteiger partial charge in [-0.2, -0.15) is 0 Å². The summed E-state index contributed by atoms with van der Waals surface area (Å²) >= 11 is 1.20. The van der Waals surface area contributed by atoms with Crippen LogP contribution in [0.25, 0.3) is 0 Å². The lowest BCUT2D eigenvalue weighted by molar-refractivity contribution is -0.274. The molecular formula is C19H17F3N2O3S. The van der Waals surface area contributed by atoms with Gasteiger partial charge in [0.15, 0.2) is 0 Å². The van der Waals surface area contributed by atoms with Crippen molar-refractivity contribution >= 4 is 35.0 Å². The summed E-state index contributed by atoms with van der Waals surface area (Å²) in [6.45, 7) is 0. The number of hydrogen-bond donors (Lipinski definition) is 2. The monoisotopic (exact) mass is 410 g/mol. The minimum absolute atomic E-state index is 0.00120. The van der Waals surface area contributed by atoms with Crippen molar-refractivity contribution in [1.29, 1.82) is 0 Å². The topological polar surface area (TPSA) is 67.4 Å². The molecule has 0 saturated carbocycles. The molecule has 1 heterocycles. The molecular weight excluding hydrogens is 393 g/mol. The Hall–Kier alpha value is -2.68. The first-order valence-corrected chi connectivity index (χ1v) is 9.51. The third kappa shape index (κ3) is 5.66. The highest BCUT2D eigenvalue weighted by Crippen LogP contribution is 2.28. The van der Waals surface area contributed by atoms with E-state index in [2.05, 4.69) is 15.4 Å². The molecule has 28 heavy (non-hydrogen) atoms. The van der Waals surface area contributed by atoms with E-state index in [1.54, 1.807) is 0 Å². The minimum Gasteiger partial charge on any atom is -0.406 e. The highest BCUT2D eigenvalue weighted by atomic mass is 32.2. The number of alkyl halides is 3. The lowest BCUT2D eigenvalue weighted by Gasteiger charge is -2.13. The Morgan fingerprint density at radius 1 is 1.21 bits per heavy atom. The minimum atomic E-state index is -4.80. The van der Waals surface area contributed by atoms with Crippen molar-refractivity contribution in [3.63, 3.8) is 0 Å². The van der Waals surface area contributed by atoms with E-state index < -0.39 is 23.3 Å². The molecule has 0 radical (unpaired) electrons. The molecule has 9 heteroatoms. The SMILES string of the molecule is O=C(CS[C@@H]1CCc2ccccc2NC1=O)Nc1cccc(OC(F)(F)F)c1. The molecule has 0 fully saturated rings. The lowest BCUT2D eigenvalue weighted by atomic mass is 10.1. The summed E-state index contributed by atoms with van der Waals surface area (Å²) in [5, 5.41) is 4.99. The number of anilines is 2. The zero-order valence-electron chi connectivity index (χ0n) is 14.6. The molecule has 5 nitrogen and oxygen atoms in total. The Kier molecular flexibility index (Phi) is 6.13. The highest BCUT2D eigenvalue weighted by Gasteiger charge is 2.31. The number of hydrogen-bond acceptors (Lipinski definition) is 4. The third-order valence-corrected chi connectivity index (χ3v) is 5.29. The molecule has 2 amide bonds. The maximum Gasteiger partial charge on any atom is 0.573 e. The van der Waals surface area contributed by atoms with Crippen molar-refractivity contribution in [2.24, 2.45) is 0 Å². The Morgan fingerprint density at radius 3 is 2.79 bits per heavy atom. The number of thioether (sulfide) groups is 1. The Bertz CT molecular complexity index is 873. The van der Waals surface area contributed by atoms with Crippen LogP contribution in [-0.4, -0.2) is 29.2 Å². The van der Waals surface area contributed by atoms with E-state index in [-0.39, 0.29) is 17.3 Å². The Labute approximate surface area is 163 Å². The highest BCUT2D eigenvalue weighted by molar-refractivity contribution is 8.01. The van der Waals surface area contributed by atoms with Crippen molar-refractivity contribution in [3.05, 3.63) is 54.1 Å². The Balaban J connectivity index is 1.53. The van der Waals surface area contributed by atoms with Crippen molar-refractivity contribution in [2.45, 2.75) is 24.5 Å². The fourth-order valence-corrected chi connectivity index (χ4v) is 3.71. The van der Waals surface area contributed by atoms with Gasteiger partial charge in [-0.15, -0.1) is 24.9 Å². The van der Waals surface area contributed by atoms with Crippen LogP contribution in [0.4, 0.5) is 24.5 Å². The normalized spacial score (nSPS) is 16.5. The second kappa shape index (κ2) is 8.55. The number of nitrogens with one attached hydrogen (secondary N) is 2. The maximum absolute atomic E-state index is 12.3. The van der Waals surface area contributed by atoms with Crippen LogP contribution in [-0.2, 0) is 16.0 Å². The second-order valence-corrected chi connectivity index (χ2v) is 7.30. The molecule has 0 aromatic heterocycles. The van der Waals surface area contributed by atoms with E-state index in [9.17, 15) is 22.8 Å². The number of fused-ring (bicyclic) bond motifs is 1. The quantitative estimate of drug-likeness (QED) is 0.775. The van der Waals surface area contributed by atoms with Crippen LogP contribution in [0.3, 0.4) is 0 Å². The van der Waals surface area contributed by atoms with Gasteiger partial charge < -0.3 is 15.4 Å². The molecule has 1 aliphatic rings. The molecule has 148 valence electrons. The predicted octanol–water partition coefficient (Wildman–Crippen LogP) is 4.21. The number of rotatable bonds is 5. The van der Waals surface area contributed by atoms with E-state index in [0.29, 0.717) is 12.8 Å². The van der Waals surface area contributed by atoms with Gasteiger partial charge in [-0.1, -0.05) is 24.3 Å². The summed E-state index contributed by atoms with van der Waals surface area (Å²) in [6.07, 6.45) is -3.50. The number of carbonyl (C=O) groups excluding carboxylic acids is 2. The second-order valence-electron chi connectivity index (χ2n) is 6.11. The summed E-state index contributed by atoms with van der Waals surface area (Å²) in [6, 6.07) is 12.6. The van der Waals surface area contributed by atoms with Crippen molar-refractivity contribution in [1.82, 2.24) is 0 Å². The fourth-order valence-electron chi connectivity index (χ4n) is 2.79. The molecule has 2 aromatic carbocycles. The molecule has 2 N–H and O–H groups in total. The van der Waals surface area contributed by atoms with Gasteiger partial charge in [0.2, 0.25) is 11.8 Å². The average Bonchev–Trinajstić information content (AvgIpc) is 2.77. The van der Waals surface area contributed by atoms with Crippen molar-refractivity contribution in [3.8, 4) is 5.75 Å². The van der Waals surface area contributed by atoms with E-state index in [4.69, 9.17) is 0 Å². The smallest absolute Gasteiger partial charge is 0.406 e.